The van der Waals surface area contributed by atoms with E-state index in [1.54, 1.807) is 0 Å². The monoisotopic (exact) mass is 304 g/mol. The lowest BCUT2D eigenvalue weighted by Crippen LogP contribution is -2.37. The van der Waals surface area contributed by atoms with Crippen molar-refractivity contribution in [2.75, 3.05) is 40.3 Å². The highest BCUT2D eigenvalue weighted by molar-refractivity contribution is 5.30. The van der Waals surface area contributed by atoms with Crippen molar-refractivity contribution in [1.82, 2.24) is 9.80 Å². The van der Waals surface area contributed by atoms with Crippen LogP contribution in [0.25, 0.3) is 0 Å². The van der Waals surface area contributed by atoms with E-state index in [-0.39, 0.29) is 6.10 Å². The van der Waals surface area contributed by atoms with Crippen molar-refractivity contribution >= 4 is 0 Å². The first-order chi connectivity index (χ1) is 10.4. The van der Waals surface area contributed by atoms with E-state index in [2.05, 4.69) is 55.9 Å². The molecule has 0 radical (unpaired) electrons. The third-order valence-corrected chi connectivity index (χ3v) is 4.75. The molecule has 0 aromatic heterocycles. The summed E-state index contributed by atoms with van der Waals surface area (Å²) in [6, 6.07) is 6.38. The van der Waals surface area contributed by atoms with E-state index in [9.17, 15) is 5.11 Å². The zero-order chi connectivity index (χ0) is 16.1. The Balaban J connectivity index is 1.80. The molecule has 0 saturated carbocycles. The van der Waals surface area contributed by atoms with Gasteiger partial charge in [-0.05, 0) is 78.3 Å². The highest BCUT2D eigenvalue weighted by atomic mass is 16.3. The summed E-state index contributed by atoms with van der Waals surface area (Å²) in [7, 11) is 4.30. The molecule has 1 heterocycles. The summed E-state index contributed by atoms with van der Waals surface area (Å²) >= 11 is 0. The Morgan fingerprint density at radius 1 is 1.14 bits per heavy atom. The summed E-state index contributed by atoms with van der Waals surface area (Å²) in [6.45, 7) is 8.40. The molecule has 1 aliphatic heterocycles. The van der Waals surface area contributed by atoms with Gasteiger partial charge in [-0.25, -0.2) is 0 Å². The minimum atomic E-state index is -0.364. The van der Waals surface area contributed by atoms with Gasteiger partial charge in [0, 0.05) is 6.54 Å². The zero-order valence-electron chi connectivity index (χ0n) is 14.7. The van der Waals surface area contributed by atoms with Gasteiger partial charge >= 0.3 is 0 Å². The Morgan fingerprint density at radius 2 is 1.73 bits per heavy atom. The normalized spacial score (nSPS) is 18.8. The highest BCUT2D eigenvalue weighted by Crippen LogP contribution is 2.24. The summed E-state index contributed by atoms with van der Waals surface area (Å²) < 4.78 is 0. The SMILES string of the molecule is Cc1cc(C)cc(C(O)CN2CCC(CCN(C)C)CC2)c1. The van der Waals surface area contributed by atoms with E-state index < -0.39 is 0 Å². The standard InChI is InChI=1S/C19H32N2O/c1-15-11-16(2)13-18(12-15)19(22)14-21-9-6-17(7-10-21)5-8-20(3)4/h11-13,17,19,22H,5-10,14H2,1-4H3. The maximum absolute atomic E-state index is 10.5. The van der Waals surface area contributed by atoms with Crippen molar-refractivity contribution in [3.63, 3.8) is 0 Å². The van der Waals surface area contributed by atoms with Gasteiger partial charge in [0.2, 0.25) is 0 Å². The summed E-state index contributed by atoms with van der Waals surface area (Å²) in [5, 5.41) is 10.5. The fraction of sp³-hybridized carbons (Fsp3) is 0.684. The van der Waals surface area contributed by atoms with Gasteiger partial charge in [-0.3, -0.25) is 0 Å². The number of nitrogens with zero attached hydrogens (tertiary/aromatic N) is 2. The predicted molar refractivity (Wildman–Crippen MR) is 93.2 cm³/mol. The molecule has 2 rings (SSSR count). The largest absolute Gasteiger partial charge is 0.387 e. The van der Waals surface area contributed by atoms with E-state index in [4.69, 9.17) is 0 Å². The number of likely N-dealkylation sites (tertiary alicyclic amines) is 1. The zero-order valence-corrected chi connectivity index (χ0v) is 14.7. The average Bonchev–Trinajstić information content (AvgIpc) is 2.45. The van der Waals surface area contributed by atoms with Crippen molar-refractivity contribution in [2.45, 2.75) is 39.2 Å². The number of aryl methyl sites for hydroxylation is 2. The molecule has 1 N–H and O–H groups in total. The van der Waals surface area contributed by atoms with Crippen molar-refractivity contribution in [2.24, 2.45) is 5.92 Å². The molecule has 1 aromatic rings. The van der Waals surface area contributed by atoms with Gasteiger partial charge < -0.3 is 14.9 Å². The van der Waals surface area contributed by atoms with Crippen LogP contribution in [0.15, 0.2) is 18.2 Å². The molecule has 0 aliphatic carbocycles. The Hall–Kier alpha value is -0.900. The van der Waals surface area contributed by atoms with Gasteiger partial charge in [0.1, 0.15) is 0 Å². The second-order valence-corrected chi connectivity index (χ2v) is 7.27. The number of hydrogen-bond donors (Lipinski definition) is 1. The first-order valence-corrected chi connectivity index (χ1v) is 8.57. The molecule has 0 bridgehead atoms. The first kappa shape index (κ1) is 17.5. The topological polar surface area (TPSA) is 26.7 Å². The summed E-state index contributed by atoms with van der Waals surface area (Å²) in [4.78, 5) is 4.70. The summed E-state index contributed by atoms with van der Waals surface area (Å²) in [6.07, 6.45) is 3.48. The fourth-order valence-electron chi connectivity index (χ4n) is 3.45. The van der Waals surface area contributed by atoms with Gasteiger partial charge in [0.25, 0.3) is 0 Å². The summed E-state index contributed by atoms with van der Waals surface area (Å²) in [5.41, 5.74) is 3.53. The molecule has 3 heteroatoms. The molecule has 0 amide bonds. The highest BCUT2D eigenvalue weighted by Gasteiger charge is 2.21. The minimum Gasteiger partial charge on any atom is -0.387 e. The molecule has 22 heavy (non-hydrogen) atoms. The molecule has 1 fully saturated rings. The Kier molecular flexibility index (Phi) is 6.42. The van der Waals surface area contributed by atoms with Gasteiger partial charge in [-0.1, -0.05) is 29.3 Å². The molecule has 1 aromatic carbocycles. The lowest BCUT2D eigenvalue weighted by molar-refractivity contribution is 0.0867. The number of benzene rings is 1. The van der Waals surface area contributed by atoms with E-state index in [0.717, 1.165) is 31.1 Å². The fourth-order valence-corrected chi connectivity index (χ4v) is 3.45. The van der Waals surface area contributed by atoms with Gasteiger partial charge in [0.05, 0.1) is 6.10 Å². The lowest BCUT2D eigenvalue weighted by Gasteiger charge is -2.33. The van der Waals surface area contributed by atoms with E-state index >= 15 is 0 Å². The molecule has 1 unspecified atom stereocenters. The smallest absolute Gasteiger partial charge is 0.0917 e. The van der Waals surface area contributed by atoms with Crippen LogP contribution in [0.1, 0.15) is 42.1 Å². The molecular weight excluding hydrogens is 272 g/mol. The van der Waals surface area contributed by atoms with E-state index in [1.165, 1.54) is 36.9 Å². The number of rotatable bonds is 6. The number of piperidine rings is 1. The maximum atomic E-state index is 10.5. The average molecular weight is 304 g/mol. The van der Waals surface area contributed by atoms with Crippen LogP contribution < -0.4 is 0 Å². The van der Waals surface area contributed by atoms with Gasteiger partial charge in [-0.15, -0.1) is 0 Å². The van der Waals surface area contributed by atoms with Crippen LogP contribution in [0.5, 0.6) is 0 Å². The van der Waals surface area contributed by atoms with Crippen LogP contribution >= 0.6 is 0 Å². The number of aliphatic hydroxyl groups is 1. The second kappa shape index (κ2) is 8.09. The molecule has 1 aliphatic rings. The van der Waals surface area contributed by atoms with E-state index in [1.807, 2.05) is 0 Å². The number of hydrogen-bond acceptors (Lipinski definition) is 3. The maximum Gasteiger partial charge on any atom is 0.0917 e. The van der Waals surface area contributed by atoms with Crippen LogP contribution in [0, 0.1) is 19.8 Å². The van der Waals surface area contributed by atoms with Crippen LogP contribution in [-0.4, -0.2) is 55.2 Å². The molecular formula is C19H32N2O. The third-order valence-electron chi connectivity index (χ3n) is 4.75. The Labute approximate surface area is 135 Å². The molecule has 1 saturated heterocycles. The first-order valence-electron chi connectivity index (χ1n) is 8.57. The van der Waals surface area contributed by atoms with Crippen molar-refractivity contribution in [3.05, 3.63) is 34.9 Å². The number of aliphatic hydroxyl groups excluding tert-OH is 1. The van der Waals surface area contributed by atoms with Crippen LogP contribution in [0.3, 0.4) is 0 Å². The summed E-state index contributed by atoms with van der Waals surface area (Å²) in [5.74, 6) is 0.858. The van der Waals surface area contributed by atoms with Gasteiger partial charge in [0.15, 0.2) is 0 Å². The van der Waals surface area contributed by atoms with Crippen molar-refractivity contribution < 1.29 is 5.11 Å². The number of β-amino-alcohol motifs (C(OH)–C–C–N with tert-alkyl or cyclic N) is 1. The van der Waals surface area contributed by atoms with Crippen LogP contribution in [0.2, 0.25) is 0 Å². The van der Waals surface area contributed by atoms with Crippen molar-refractivity contribution in [1.29, 1.82) is 0 Å². The van der Waals surface area contributed by atoms with Crippen LogP contribution in [-0.2, 0) is 0 Å². The van der Waals surface area contributed by atoms with Crippen molar-refractivity contribution in [3.8, 4) is 0 Å². The minimum absolute atomic E-state index is 0.364. The predicted octanol–water partition coefficient (Wildman–Crippen LogP) is 3.00. The molecule has 3 nitrogen and oxygen atoms in total. The third kappa shape index (κ3) is 5.38. The Morgan fingerprint density at radius 3 is 2.27 bits per heavy atom. The molecule has 124 valence electrons. The van der Waals surface area contributed by atoms with Crippen LogP contribution in [0.4, 0.5) is 0 Å². The quantitative estimate of drug-likeness (QED) is 0.875. The van der Waals surface area contributed by atoms with Gasteiger partial charge in [-0.2, -0.15) is 0 Å². The Bertz CT molecular complexity index is 444. The lowest BCUT2D eigenvalue weighted by atomic mass is 9.93. The molecule has 1 atom stereocenters. The second-order valence-electron chi connectivity index (χ2n) is 7.27. The molecule has 0 spiro atoms. The van der Waals surface area contributed by atoms with E-state index in [0.29, 0.717) is 0 Å².